The molecule has 3 rings (SSSR count). The number of para-hydroxylation sites is 1. The third-order valence-corrected chi connectivity index (χ3v) is 4.01. The number of amides is 3. The van der Waals surface area contributed by atoms with Gasteiger partial charge in [-0.25, -0.2) is 18.2 Å². The summed E-state index contributed by atoms with van der Waals surface area (Å²) in [5, 5.41) is 9.48. The first-order valence-electron chi connectivity index (χ1n) is 8.54. The van der Waals surface area contributed by atoms with Crippen LogP contribution in [0.4, 0.5) is 24.5 Å². The molecule has 1 aliphatic heterocycles. The van der Waals surface area contributed by atoms with Crippen LogP contribution in [0.5, 0.6) is 0 Å². The van der Waals surface area contributed by atoms with Gasteiger partial charge in [-0.3, -0.25) is 14.4 Å². The molecule has 29 heavy (non-hydrogen) atoms. The highest BCUT2D eigenvalue weighted by Gasteiger charge is 2.25. The Morgan fingerprint density at radius 2 is 1.72 bits per heavy atom. The van der Waals surface area contributed by atoms with Gasteiger partial charge in [0.1, 0.15) is 5.71 Å². The largest absolute Gasteiger partial charge is 0.342 e. The third-order valence-electron chi connectivity index (χ3n) is 4.01. The van der Waals surface area contributed by atoms with E-state index >= 15 is 0 Å². The normalized spacial score (nSPS) is 13.7. The van der Waals surface area contributed by atoms with Gasteiger partial charge in [-0.2, -0.15) is 5.10 Å². The molecule has 0 saturated carbocycles. The summed E-state index contributed by atoms with van der Waals surface area (Å²) in [5.74, 6) is -6.46. The molecule has 0 radical (unpaired) electrons. The zero-order chi connectivity index (χ0) is 21.0. The van der Waals surface area contributed by atoms with Gasteiger partial charge in [-0.1, -0.05) is 18.2 Å². The lowest BCUT2D eigenvalue weighted by Crippen LogP contribution is -2.41. The van der Waals surface area contributed by atoms with Crippen LogP contribution in [0.25, 0.3) is 0 Å². The summed E-state index contributed by atoms with van der Waals surface area (Å²) in [6.45, 7) is -0.560. The van der Waals surface area contributed by atoms with Crippen molar-refractivity contribution in [2.75, 3.05) is 16.9 Å². The predicted molar refractivity (Wildman–Crippen MR) is 98.6 cm³/mol. The van der Waals surface area contributed by atoms with Crippen molar-refractivity contribution in [2.24, 2.45) is 5.10 Å². The van der Waals surface area contributed by atoms with Gasteiger partial charge in [0.15, 0.2) is 17.5 Å². The fourth-order valence-electron chi connectivity index (χ4n) is 2.57. The summed E-state index contributed by atoms with van der Waals surface area (Å²) < 4.78 is 39.7. The Morgan fingerprint density at radius 3 is 2.45 bits per heavy atom. The molecule has 0 atom stereocenters. The van der Waals surface area contributed by atoms with Gasteiger partial charge in [-0.15, -0.1) is 0 Å². The molecule has 1 aliphatic rings. The molecule has 0 bridgehead atoms. The molecule has 0 unspecified atom stereocenters. The number of benzene rings is 2. The standard InChI is InChI=1S/C19H15F3N4O3/c20-12-6-7-13(18(22)17(12)21)24-15(27)10-23-19(29)14-8-9-16(28)26(25-14)11-4-2-1-3-5-11/h1-7H,8-10H2,(H,23,29)(H,24,27). The number of halogens is 3. The van der Waals surface area contributed by atoms with Crippen molar-refractivity contribution in [1.29, 1.82) is 0 Å². The van der Waals surface area contributed by atoms with E-state index in [1.807, 2.05) is 5.32 Å². The lowest BCUT2D eigenvalue weighted by molar-refractivity contribution is -0.120. The zero-order valence-electron chi connectivity index (χ0n) is 14.9. The maximum absolute atomic E-state index is 13.6. The minimum atomic E-state index is -1.71. The number of anilines is 2. The van der Waals surface area contributed by atoms with Gasteiger partial charge in [0, 0.05) is 12.8 Å². The van der Waals surface area contributed by atoms with E-state index in [4.69, 9.17) is 0 Å². The van der Waals surface area contributed by atoms with Crippen molar-refractivity contribution >= 4 is 34.8 Å². The number of rotatable bonds is 5. The minimum Gasteiger partial charge on any atom is -0.342 e. The van der Waals surface area contributed by atoms with Crippen LogP contribution in [0, 0.1) is 17.5 Å². The maximum Gasteiger partial charge on any atom is 0.267 e. The van der Waals surface area contributed by atoms with Gasteiger partial charge >= 0.3 is 0 Å². The van der Waals surface area contributed by atoms with Crippen LogP contribution in [0.3, 0.4) is 0 Å². The Kier molecular flexibility index (Phi) is 5.91. The van der Waals surface area contributed by atoms with Crippen molar-refractivity contribution in [1.82, 2.24) is 5.32 Å². The molecule has 2 aromatic rings. The van der Waals surface area contributed by atoms with Gasteiger partial charge in [-0.05, 0) is 24.3 Å². The van der Waals surface area contributed by atoms with Crippen LogP contribution in [-0.2, 0) is 14.4 Å². The Morgan fingerprint density at radius 1 is 1.00 bits per heavy atom. The smallest absolute Gasteiger partial charge is 0.267 e. The highest BCUT2D eigenvalue weighted by Crippen LogP contribution is 2.20. The first-order chi connectivity index (χ1) is 13.9. The molecule has 1 heterocycles. The van der Waals surface area contributed by atoms with E-state index in [2.05, 4.69) is 10.4 Å². The molecule has 10 heteroatoms. The van der Waals surface area contributed by atoms with E-state index in [1.54, 1.807) is 30.3 Å². The second kappa shape index (κ2) is 8.55. The van der Waals surface area contributed by atoms with Crippen molar-refractivity contribution in [2.45, 2.75) is 12.8 Å². The van der Waals surface area contributed by atoms with Crippen LogP contribution in [0.2, 0.25) is 0 Å². The summed E-state index contributed by atoms with van der Waals surface area (Å²) in [5.41, 5.74) is -0.0201. The van der Waals surface area contributed by atoms with Crippen molar-refractivity contribution in [3.63, 3.8) is 0 Å². The average Bonchev–Trinajstić information content (AvgIpc) is 2.73. The summed E-state index contributed by atoms with van der Waals surface area (Å²) in [6, 6.07) is 10.0. The van der Waals surface area contributed by atoms with Crippen LogP contribution in [0.1, 0.15) is 12.8 Å². The Bertz CT molecular complexity index is 996. The summed E-state index contributed by atoms with van der Waals surface area (Å²) in [4.78, 5) is 36.2. The second-order valence-corrected chi connectivity index (χ2v) is 6.04. The number of carbonyl (C=O) groups excluding carboxylic acids is 3. The van der Waals surface area contributed by atoms with Gasteiger partial charge in [0.05, 0.1) is 17.9 Å². The SMILES string of the molecule is O=C(CNC(=O)C1=NN(c2ccccc2)C(=O)CC1)Nc1ccc(F)c(F)c1F. The third kappa shape index (κ3) is 4.60. The molecule has 0 fully saturated rings. The number of nitrogens with zero attached hydrogens (tertiary/aromatic N) is 2. The quantitative estimate of drug-likeness (QED) is 0.750. The fraction of sp³-hybridized carbons (Fsp3) is 0.158. The van der Waals surface area contributed by atoms with E-state index < -0.39 is 41.5 Å². The van der Waals surface area contributed by atoms with Crippen LogP contribution in [0.15, 0.2) is 47.6 Å². The number of hydrogen-bond acceptors (Lipinski definition) is 4. The van der Waals surface area contributed by atoms with Gasteiger partial charge in [0.2, 0.25) is 11.8 Å². The van der Waals surface area contributed by atoms with Crippen LogP contribution < -0.4 is 15.6 Å². The maximum atomic E-state index is 13.6. The number of carbonyl (C=O) groups is 3. The molecule has 0 spiro atoms. The van der Waals surface area contributed by atoms with Crippen LogP contribution >= 0.6 is 0 Å². The Labute approximate surface area is 163 Å². The second-order valence-electron chi connectivity index (χ2n) is 6.04. The molecular formula is C19H15F3N4O3. The number of hydrogen-bond donors (Lipinski definition) is 2. The number of hydrazone groups is 1. The van der Waals surface area contributed by atoms with E-state index in [1.165, 1.54) is 0 Å². The molecule has 2 aromatic carbocycles. The fourth-order valence-corrected chi connectivity index (χ4v) is 2.57. The molecule has 7 nitrogen and oxygen atoms in total. The molecule has 150 valence electrons. The first-order valence-corrected chi connectivity index (χ1v) is 8.54. The highest BCUT2D eigenvalue weighted by molar-refractivity contribution is 6.40. The summed E-state index contributed by atoms with van der Waals surface area (Å²) in [7, 11) is 0. The molecule has 0 saturated heterocycles. The minimum absolute atomic E-state index is 0.0419. The Hall–Kier alpha value is -3.69. The molecule has 0 aliphatic carbocycles. The monoisotopic (exact) mass is 404 g/mol. The van der Waals surface area contributed by atoms with E-state index in [0.29, 0.717) is 11.8 Å². The predicted octanol–water partition coefficient (Wildman–Crippen LogP) is 2.34. The zero-order valence-corrected chi connectivity index (χ0v) is 14.9. The molecule has 0 aromatic heterocycles. The summed E-state index contributed by atoms with van der Waals surface area (Å²) in [6.07, 6.45) is 0.154. The van der Waals surface area contributed by atoms with Crippen LogP contribution in [-0.4, -0.2) is 30.0 Å². The van der Waals surface area contributed by atoms with E-state index in [-0.39, 0.29) is 24.5 Å². The summed E-state index contributed by atoms with van der Waals surface area (Å²) >= 11 is 0. The average molecular weight is 404 g/mol. The van der Waals surface area contributed by atoms with Gasteiger partial charge < -0.3 is 10.6 Å². The van der Waals surface area contributed by atoms with Crippen molar-refractivity contribution in [3.05, 3.63) is 59.9 Å². The number of nitrogens with one attached hydrogen (secondary N) is 2. The molecular weight excluding hydrogens is 389 g/mol. The topological polar surface area (TPSA) is 90.9 Å². The van der Waals surface area contributed by atoms with E-state index in [9.17, 15) is 27.6 Å². The molecule has 2 N–H and O–H groups in total. The van der Waals surface area contributed by atoms with E-state index in [0.717, 1.165) is 11.1 Å². The molecule has 3 amide bonds. The lowest BCUT2D eigenvalue weighted by Gasteiger charge is -2.23. The van der Waals surface area contributed by atoms with Crippen molar-refractivity contribution < 1.29 is 27.6 Å². The van der Waals surface area contributed by atoms with Crippen molar-refractivity contribution in [3.8, 4) is 0 Å². The first kappa shape index (κ1) is 20.1. The lowest BCUT2D eigenvalue weighted by atomic mass is 10.1. The highest BCUT2D eigenvalue weighted by atomic mass is 19.2. The van der Waals surface area contributed by atoms with Gasteiger partial charge in [0.25, 0.3) is 5.91 Å². The Balaban J connectivity index is 1.62.